The number of hydrogen-bond acceptors (Lipinski definition) is 4. The van der Waals surface area contributed by atoms with Crippen molar-refractivity contribution in [1.29, 1.82) is 0 Å². The molecule has 1 saturated carbocycles. The number of primary amides is 1. The molecule has 1 aliphatic rings. The van der Waals surface area contributed by atoms with Gasteiger partial charge in [-0.25, -0.2) is 4.79 Å². The number of ether oxygens (including phenoxy) is 1. The molecule has 6 nitrogen and oxygen atoms in total. The van der Waals surface area contributed by atoms with Crippen molar-refractivity contribution in [2.45, 2.75) is 139 Å². The van der Waals surface area contributed by atoms with Crippen molar-refractivity contribution in [3.8, 4) is 0 Å². The van der Waals surface area contributed by atoms with Gasteiger partial charge in [-0.3, -0.25) is 9.59 Å². The molecule has 0 aromatic carbocycles. The quantitative estimate of drug-likeness (QED) is 0.246. The molecule has 0 radical (unpaired) electrons. The molecule has 36 heavy (non-hydrogen) atoms. The summed E-state index contributed by atoms with van der Waals surface area (Å²) in [6.45, 7) is 27.1. The molecule has 3 N–H and O–H groups in total. The predicted molar refractivity (Wildman–Crippen MR) is 152 cm³/mol. The van der Waals surface area contributed by atoms with Crippen LogP contribution in [-0.4, -0.2) is 29.4 Å². The van der Waals surface area contributed by atoms with Crippen LogP contribution in [0.25, 0.3) is 0 Å². The Bertz CT molecular complexity index is 681. The highest BCUT2D eigenvalue weighted by Gasteiger charge is 2.33. The molecule has 0 aliphatic heterocycles. The lowest BCUT2D eigenvalue weighted by Crippen LogP contribution is -2.47. The fourth-order valence-corrected chi connectivity index (χ4v) is 4.72. The summed E-state index contributed by atoms with van der Waals surface area (Å²) in [5, 5.41) is 2.94. The van der Waals surface area contributed by atoms with Gasteiger partial charge in [0.05, 0.1) is 0 Å². The van der Waals surface area contributed by atoms with E-state index in [0.29, 0.717) is 23.0 Å². The normalized spacial score (nSPS) is 20.2. The first-order chi connectivity index (χ1) is 16.4. The Morgan fingerprint density at radius 3 is 2.11 bits per heavy atom. The van der Waals surface area contributed by atoms with Crippen LogP contribution in [0.2, 0.25) is 0 Å². The standard InChI is InChI=1S/C17H30O.C12H25NO2.CH3NO/c1-7-13(3)16(18)9-14(4)15-8-12(2)10-17(5,6)11-15;1-7-9-12(6,8-2)13-10(14)15-11(3,4)5;2-1-3/h13-15H,2,7-11H2,1,3-6H3;7-9H2,1-6H3,(H,13,14);1H,(H2,2,3). The van der Waals surface area contributed by atoms with Crippen LogP contribution in [0.5, 0.6) is 0 Å². The van der Waals surface area contributed by atoms with Gasteiger partial charge >= 0.3 is 6.09 Å². The summed E-state index contributed by atoms with van der Waals surface area (Å²) in [5.74, 6) is 1.82. The van der Waals surface area contributed by atoms with E-state index >= 15 is 0 Å². The van der Waals surface area contributed by atoms with Gasteiger partial charge in [0.25, 0.3) is 0 Å². The maximum Gasteiger partial charge on any atom is 0.408 e. The number of carbonyl (C=O) groups is 3. The molecule has 1 fully saturated rings. The molecule has 0 bridgehead atoms. The number of ketones is 1. The van der Waals surface area contributed by atoms with Gasteiger partial charge in [-0.2, -0.15) is 0 Å². The summed E-state index contributed by atoms with van der Waals surface area (Å²) in [6.07, 6.45) is 8.11. The number of Topliss-reactive ketones (excluding diaryl/α,β-unsaturated/α-hetero) is 1. The van der Waals surface area contributed by atoms with Gasteiger partial charge in [-0.15, -0.1) is 0 Å². The molecule has 1 aliphatic carbocycles. The largest absolute Gasteiger partial charge is 0.444 e. The molecule has 4 atom stereocenters. The number of nitrogens with one attached hydrogen (secondary N) is 1. The van der Waals surface area contributed by atoms with Crippen LogP contribution in [0.4, 0.5) is 4.79 Å². The smallest absolute Gasteiger partial charge is 0.408 e. The lowest BCUT2D eigenvalue weighted by atomic mass is 9.66. The van der Waals surface area contributed by atoms with E-state index in [9.17, 15) is 9.59 Å². The maximum atomic E-state index is 12.0. The third-order valence-electron chi connectivity index (χ3n) is 6.97. The highest BCUT2D eigenvalue weighted by atomic mass is 16.6. The Balaban J connectivity index is 0. The lowest BCUT2D eigenvalue weighted by molar-refractivity contribution is -0.123. The highest BCUT2D eigenvalue weighted by Crippen LogP contribution is 2.44. The second-order valence-corrected chi connectivity index (χ2v) is 12.6. The second-order valence-electron chi connectivity index (χ2n) is 12.6. The Morgan fingerprint density at radius 1 is 1.19 bits per heavy atom. The zero-order chi connectivity index (χ0) is 28.7. The van der Waals surface area contributed by atoms with Gasteiger partial charge < -0.3 is 15.8 Å². The summed E-state index contributed by atoms with van der Waals surface area (Å²) in [6, 6.07) is 0. The van der Waals surface area contributed by atoms with E-state index in [1.807, 2.05) is 20.8 Å². The van der Waals surface area contributed by atoms with E-state index in [-0.39, 0.29) is 24.0 Å². The van der Waals surface area contributed by atoms with Gasteiger partial charge in [0.2, 0.25) is 6.41 Å². The predicted octanol–water partition coefficient (Wildman–Crippen LogP) is 7.59. The molecule has 0 heterocycles. The summed E-state index contributed by atoms with van der Waals surface area (Å²) in [7, 11) is 0. The van der Waals surface area contributed by atoms with Crippen LogP contribution in [0.15, 0.2) is 12.2 Å². The molecule has 2 amide bonds. The molecule has 0 aromatic heterocycles. The number of allylic oxidation sites excluding steroid dienone is 1. The fraction of sp³-hybridized carbons (Fsp3) is 0.833. The molecule has 6 heteroatoms. The van der Waals surface area contributed by atoms with E-state index in [1.54, 1.807) is 0 Å². The van der Waals surface area contributed by atoms with Crippen molar-refractivity contribution in [2.24, 2.45) is 28.9 Å². The summed E-state index contributed by atoms with van der Waals surface area (Å²) in [4.78, 5) is 32.2. The minimum Gasteiger partial charge on any atom is -0.444 e. The third kappa shape index (κ3) is 16.8. The first-order valence-corrected chi connectivity index (χ1v) is 13.7. The second kappa shape index (κ2) is 16.8. The van der Waals surface area contributed by atoms with E-state index in [2.05, 4.69) is 73.0 Å². The summed E-state index contributed by atoms with van der Waals surface area (Å²) in [5.41, 5.74) is 5.34. The van der Waals surface area contributed by atoms with E-state index in [4.69, 9.17) is 9.53 Å². The fourth-order valence-electron chi connectivity index (χ4n) is 4.72. The summed E-state index contributed by atoms with van der Waals surface area (Å²) >= 11 is 0. The molecule has 0 spiro atoms. The van der Waals surface area contributed by atoms with Crippen LogP contribution in [0.3, 0.4) is 0 Å². The summed E-state index contributed by atoms with van der Waals surface area (Å²) < 4.78 is 5.23. The molecule has 0 aromatic rings. The molecule has 0 saturated heterocycles. The zero-order valence-corrected chi connectivity index (χ0v) is 25.4. The van der Waals surface area contributed by atoms with Gasteiger partial charge in [0.1, 0.15) is 11.4 Å². The minimum atomic E-state index is -0.426. The Kier molecular flexibility index (Phi) is 17.0. The SMILES string of the molecule is C=C1CC(C(C)CC(=O)C(C)CC)CC(C)(C)C1.CCCC(C)(CC)NC(=O)OC(C)(C)C.NC=O. The molecule has 4 unspecified atom stereocenters. The molecule has 1 rings (SSSR count). The monoisotopic (exact) mass is 510 g/mol. The topological polar surface area (TPSA) is 98.5 Å². The number of nitrogens with two attached hydrogens (primary N) is 1. The van der Waals surface area contributed by atoms with Crippen LogP contribution in [0.1, 0.15) is 128 Å². The average Bonchev–Trinajstić information content (AvgIpc) is 2.71. The number of alkyl carbamates (subject to hydrolysis) is 1. The first kappa shape index (κ1) is 36.3. The Hall–Kier alpha value is -1.85. The zero-order valence-electron chi connectivity index (χ0n) is 25.4. The van der Waals surface area contributed by atoms with Crippen molar-refractivity contribution < 1.29 is 19.1 Å². The van der Waals surface area contributed by atoms with Crippen molar-refractivity contribution >= 4 is 18.3 Å². The van der Waals surface area contributed by atoms with Gasteiger partial charge in [0, 0.05) is 17.9 Å². The third-order valence-corrected chi connectivity index (χ3v) is 6.97. The van der Waals surface area contributed by atoms with Crippen molar-refractivity contribution in [2.75, 3.05) is 0 Å². The number of rotatable bonds is 9. The van der Waals surface area contributed by atoms with E-state index in [1.165, 1.54) is 12.0 Å². The molecular formula is C30H58N2O4. The van der Waals surface area contributed by atoms with E-state index < -0.39 is 5.60 Å². The van der Waals surface area contributed by atoms with Crippen LogP contribution in [0, 0.1) is 23.2 Å². The van der Waals surface area contributed by atoms with Crippen molar-refractivity contribution in [3.05, 3.63) is 12.2 Å². The Labute approximate surface area is 222 Å². The first-order valence-electron chi connectivity index (χ1n) is 13.7. The molecular weight excluding hydrogens is 452 g/mol. The number of amides is 2. The maximum absolute atomic E-state index is 12.0. The minimum absolute atomic E-state index is 0.142. The lowest BCUT2D eigenvalue weighted by Gasteiger charge is -2.39. The van der Waals surface area contributed by atoms with Gasteiger partial charge in [-0.1, -0.05) is 67.0 Å². The van der Waals surface area contributed by atoms with Crippen molar-refractivity contribution in [1.82, 2.24) is 5.32 Å². The highest BCUT2D eigenvalue weighted by molar-refractivity contribution is 5.80. The number of carbonyl (C=O) groups excluding carboxylic acids is 3. The van der Waals surface area contributed by atoms with Crippen LogP contribution < -0.4 is 11.1 Å². The van der Waals surface area contributed by atoms with Crippen LogP contribution in [-0.2, 0) is 14.3 Å². The van der Waals surface area contributed by atoms with Crippen LogP contribution >= 0.6 is 0 Å². The Morgan fingerprint density at radius 2 is 1.72 bits per heavy atom. The van der Waals surface area contributed by atoms with E-state index in [0.717, 1.165) is 44.9 Å². The average molecular weight is 511 g/mol. The number of hydrogen-bond donors (Lipinski definition) is 2. The molecule has 212 valence electrons. The van der Waals surface area contributed by atoms with Crippen molar-refractivity contribution in [3.63, 3.8) is 0 Å². The van der Waals surface area contributed by atoms with Gasteiger partial charge in [0.15, 0.2) is 0 Å². The van der Waals surface area contributed by atoms with Gasteiger partial charge in [-0.05, 0) is 83.5 Å².